The maximum Gasteiger partial charge on any atom is 0.263 e. The Hall–Kier alpha value is -2.84. The number of amides is 1. The first-order chi connectivity index (χ1) is 11.2. The van der Waals surface area contributed by atoms with E-state index in [0.29, 0.717) is 18.1 Å². The van der Waals surface area contributed by atoms with Gasteiger partial charge in [0.1, 0.15) is 11.6 Å². The van der Waals surface area contributed by atoms with Crippen LogP contribution in [0.15, 0.2) is 60.4 Å². The third-order valence-corrected chi connectivity index (χ3v) is 3.24. The van der Waals surface area contributed by atoms with Crippen molar-refractivity contribution in [3.63, 3.8) is 0 Å². The van der Waals surface area contributed by atoms with Gasteiger partial charge in [-0.3, -0.25) is 9.78 Å². The summed E-state index contributed by atoms with van der Waals surface area (Å²) in [7, 11) is 0. The normalized spacial score (nSPS) is 10.7. The van der Waals surface area contributed by atoms with Crippen molar-refractivity contribution < 1.29 is 4.79 Å². The van der Waals surface area contributed by atoms with E-state index < -0.39 is 5.91 Å². The minimum absolute atomic E-state index is 0.00916. The predicted octanol–water partition coefficient (Wildman–Crippen LogP) is 2.55. The monoisotopic (exact) mass is 326 g/mol. The van der Waals surface area contributed by atoms with Crippen molar-refractivity contribution in [2.75, 3.05) is 0 Å². The molecule has 2 aromatic rings. The zero-order valence-corrected chi connectivity index (χ0v) is 13.0. The summed E-state index contributed by atoms with van der Waals surface area (Å²) < 4.78 is 0. The van der Waals surface area contributed by atoms with Gasteiger partial charge < -0.3 is 10.6 Å². The van der Waals surface area contributed by atoms with Gasteiger partial charge in [0, 0.05) is 24.0 Å². The Labute approximate surface area is 139 Å². The molecule has 23 heavy (non-hydrogen) atoms. The lowest BCUT2D eigenvalue weighted by molar-refractivity contribution is -0.117. The van der Waals surface area contributed by atoms with Crippen molar-refractivity contribution >= 4 is 17.5 Å². The topological polar surface area (TPSA) is 77.8 Å². The van der Waals surface area contributed by atoms with E-state index in [-0.39, 0.29) is 5.57 Å². The maximum atomic E-state index is 12.0. The molecule has 0 aliphatic carbocycles. The van der Waals surface area contributed by atoms with Crippen molar-refractivity contribution in [2.24, 2.45) is 0 Å². The molecule has 2 N–H and O–H groups in total. The third-order valence-electron chi connectivity index (χ3n) is 2.99. The third kappa shape index (κ3) is 5.46. The Bertz CT molecular complexity index is 721. The van der Waals surface area contributed by atoms with Crippen molar-refractivity contribution in [3.8, 4) is 6.07 Å². The lowest BCUT2D eigenvalue weighted by atomic mass is 10.2. The Morgan fingerprint density at radius 3 is 2.65 bits per heavy atom. The fourth-order valence-electron chi connectivity index (χ4n) is 1.79. The first-order valence-corrected chi connectivity index (χ1v) is 7.33. The molecule has 0 fully saturated rings. The van der Waals surface area contributed by atoms with E-state index in [1.807, 2.05) is 36.4 Å². The zero-order chi connectivity index (χ0) is 16.5. The molecule has 6 heteroatoms. The molecule has 5 nitrogen and oxygen atoms in total. The number of halogens is 1. The van der Waals surface area contributed by atoms with E-state index in [1.165, 1.54) is 6.20 Å². The molecule has 1 heterocycles. The molecule has 1 aromatic heterocycles. The summed E-state index contributed by atoms with van der Waals surface area (Å²) in [4.78, 5) is 16.1. The molecule has 0 saturated heterocycles. The van der Waals surface area contributed by atoms with Crippen molar-refractivity contribution in [2.45, 2.75) is 13.1 Å². The van der Waals surface area contributed by atoms with Gasteiger partial charge in [0.05, 0.1) is 12.2 Å². The second-order valence-electron chi connectivity index (χ2n) is 4.68. The minimum Gasteiger partial charge on any atom is -0.384 e. The molecule has 0 bridgehead atoms. The average Bonchev–Trinajstić information content (AvgIpc) is 2.59. The van der Waals surface area contributed by atoms with Gasteiger partial charge in [-0.25, -0.2) is 0 Å². The molecule has 1 amide bonds. The van der Waals surface area contributed by atoms with Crippen molar-refractivity contribution in [1.82, 2.24) is 15.6 Å². The number of carbonyl (C=O) groups is 1. The highest BCUT2D eigenvalue weighted by atomic mass is 35.5. The van der Waals surface area contributed by atoms with Gasteiger partial charge in [0.15, 0.2) is 0 Å². The highest BCUT2D eigenvalue weighted by Crippen LogP contribution is 2.09. The van der Waals surface area contributed by atoms with Crippen LogP contribution in [0.5, 0.6) is 0 Å². The van der Waals surface area contributed by atoms with E-state index in [4.69, 9.17) is 16.9 Å². The molecule has 0 atom stereocenters. The summed E-state index contributed by atoms with van der Waals surface area (Å²) >= 11 is 5.80. The summed E-state index contributed by atoms with van der Waals surface area (Å²) in [5, 5.41) is 15.3. The number of carbonyl (C=O) groups excluding carboxylic acids is 1. The molecule has 116 valence electrons. The van der Waals surface area contributed by atoms with Gasteiger partial charge in [-0.15, -0.1) is 0 Å². The van der Waals surface area contributed by atoms with Crippen molar-refractivity contribution in [3.05, 3.63) is 76.7 Å². The summed E-state index contributed by atoms with van der Waals surface area (Å²) in [6.07, 6.45) is 3.08. The molecule has 2 rings (SSSR count). The predicted molar refractivity (Wildman–Crippen MR) is 88.1 cm³/mol. The largest absolute Gasteiger partial charge is 0.384 e. The number of hydrogen-bond acceptors (Lipinski definition) is 4. The number of nitrogens with one attached hydrogen (secondary N) is 2. The van der Waals surface area contributed by atoms with Crippen LogP contribution >= 0.6 is 11.6 Å². The van der Waals surface area contributed by atoms with Crippen LogP contribution < -0.4 is 10.6 Å². The van der Waals surface area contributed by atoms with Crippen LogP contribution in [0.4, 0.5) is 0 Å². The second kappa shape index (κ2) is 8.57. The van der Waals surface area contributed by atoms with E-state index in [9.17, 15) is 4.79 Å². The number of pyridine rings is 1. The Kier molecular flexibility index (Phi) is 6.16. The number of aromatic nitrogens is 1. The first-order valence-electron chi connectivity index (χ1n) is 6.95. The fraction of sp³-hybridized carbons (Fsp3) is 0.118. The van der Waals surface area contributed by atoms with Gasteiger partial charge >= 0.3 is 0 Å². The van der Waals surface area contributed by atoms with Crippen LogP contribution in [0, 0.1) is 11.3 Å². The minimum atomic E-state index is -0.434. The van der Waals surface area contributed by atoms with E-state index >= 15 is 0 Å². The van der Waals surface area contributed by atoms with Gasteiger partial charge in [-0.05, 0) is 29.8 Å². The Morgan fingerprint density at radius 2 is 2.00 bits per heavy atom. The van der Waals surface area contributed by atoms with Gasteiger partial charge in [0.2, 0.25) is 0 Å². The number of nitriles is 1. The van der Waals surface area contributed by atoms with E-state index in [1.54, 1.807) is 18.3 Å². The molecule has 0 radical (unpaired) electrons. The van der Waals surface area contributed by atoms with Crippen LogP contribution in [0.2, 0.25) is 5.02 Å². The molecule has 0 aliphatic rings. The summed E-state index contributed by atoms with van der Waals surface area (Å²) in [6.45, 7) is 0.770. The summed E-state index contributed by atoms with van der Waals surface area (Å²) in [6, 6.07) is 14.6. The smallest absolute Gasteiger partial charge is 0.263 e. The molecule has 0 saturated carbocycles. The summed E-state index contributed by atoms with van der Waals surface area (Å²) in [5.74, 6) is -0.434. The van der Waals surface area contributed by atoms with Gasteiger partial charge in [0.25, 0.3) is 5.91 Å². The quantitative estimate of drug-likeness (QED) is 0.631. The first kappa shape index (κ1) is 16.5. The van der Waals surface area contributed by atoms with E-state index in [0.717, 1.165) is 11.3 Å². The van der Waals surface area contributed by atoms with Crippen LogP contribution in [-0.2, 0) is 17.9 Å². The number of nitrogens with zero attached hydrogens (tertiary/aromatic N) is 2. The van der Waals surface area contributed by atoms with Gasteiger partial charge in [-0.1, -0.05) is 29.8 Å². The molecular formula is C17H15ClN4O. The van der Waals surface area contributed by atoms with E-state index in [2.05, 4.69) is 15.6 Å². The maximum absolute atomic E-state index is 12.0. The standard InChI is InChI=1S/C17H15ClN4O/c18-15-6-4-13(5-7-15)10-22-17(23)14(9-19)11-20-12-16-3-1-2-8-21-16/h1-8,11,20H,10,12H2,(H,22,23)/b14-11-. The second-order valence-corrected chi connectivity index (χ2v) is 5.12. The molecule has 1 aromatic carbocycles. The number of hydrogen-bond donors (Lipinski definition) is 2. The Morgan fingerprint density at radius 1 is 1.22 bits per heavy atom. The fourth-order valence-corrected chi connectivity index (χ4v) is 1.91. The zero-order valence-electron chi connectivity index (χ0n) is 12.3. The number of rotatable bonds is 6. The molecule has 0 aliphatic heterocycles. The Balaban J connectivity index is 1.86. The molecule has 0 spiro atoms. The SMILES string of the molecule is N#C/C(=C/NCc1ccccn1)C(=O)NCc1ccc(Cl)cc1. The highest BCUT2D eigenvalue weighted by Gasteiger charge is 2.08. The highest BCUT2D eigenvalue weighted by molar-refractivity contribution is 6.30. The van der Waals surface area contributed by atoms with Crippen molar-refractivity contribution in [1.29, 1.82) is 5.26 Å². The lowest BCUT2D eigenvalue weighted by Gasteiger charge is -2.05. The lowest BCUT2D eigenvalue weighted by Crippen LogP contribution is -2.25. The van der Waals surface area contributed by atoms with Crippen LogP contribution in [0.1, 0.15) is 11.3 Å². The number of benzene rings is 1. The molecular weight excluding hydrogens is 312 g/mol. The average molecular weight is 327 g/mol. The van der Waals surface area contributed by atoms with Crippen LogP contribution in [-0.4, -0.2) is 10.9 Å². The molecule has 0 unspecified atom stereocenters. The van der Waals surface area contributed by atoms with Crippen LogP contribution in [0.25, 0.3) is 0 Å². The summed E-state index contributed by atoms with van der Waals surface area (Å²) in [5.41, 5.74) is 1.74. The van der Waals surface area contributed by atoms with Crippen LogP contribution in [0.3, 0.4) is 0 Å². The van der Waals surface area contributed by atoms with Gasteiger partial charge in [-0.2, -0.15) is 5.26 Å².